The Hall–Kier alpha value is -3.45. The summed E-state index contributed by atoms with van der Waals surface area (Å²) in [6, 6.07) is 10.6. The average molecular weight is 427 g/mol. The van der Waals surface area contributed by atoms with E-state index in [2.05, 4.69) is 57.4 Å². The average Bonchev–Trinajstić information content (AvgIpc) is 3.51. The molecule has 5 aromatic rings. The van der Waals surface area contributed by atoms with Gasteiger partial charge in [-0.3, -0.25) is 9.08 Å². The first kappa shape index (κ1) is 18.3. The van der Waals surface area contributed by atoms with Crippen molar-refractivity contribution in [2.75, 3.05) is 5.32 Å². The van der Waals surface area contributed by atoms with Crippen LogP contribution >= 0.6 is 11.3 Å². The summed E-state index contributed by atoms with van der Waals surface area (Å²) in [6.45, 7) is 0. The van der Waals surface area contributed by atoms with Gasteiger partial charge in [0.15, 0.2) is 11.5 Å². The largest absolute Gasteiger partial charge is 0.329 e. The fourth-order valence-electron chi connectivity index (χ4n) is 4.22. The molecule has 0 amide bonds. The lowest BCUT2D eigenvalue weighted by atomic mass is 9.97. The molecular formula is C24H22N6S. The van der Waals surface area contributed by atoms with Gasteiger partial charge in [0, 0.05) is 29.7 Å². The molecule has 1 aliphatic rings. The highest BCUT2D eigenvalue weighted by Crippen LogP contribution is 2.34. The predicted octanol–water partition coefficient (Wildman–Crippen LogP) is 6.05. The first-order valence-corrected chi connectivity index (χ1v) is 11.4. The van der Waals surface area contributed by atoms with Crippen molar-refractivity contribution in [2.45, 2.75) is 25.7 Å². The minimum Gasteiger partial charge on any atom is -0.329 e. The Bertz CT molecular complexity index is 1400. The van der Waals surface area contributed by atoms with E-state index in [1.54, 1.807) is 11.3 Å². The van der Waals surface area contributed by atoms with Gasteiger partial charge in [-0.15, -0.1) is 11.3 Å². The molecule has 0 spiro atoms. The van der Waals surface area contributed by atoms with Crippen molar-refractivity contribution in [2.24, 2.45) is 7.05 Å². The highest BCUT2D eigenvalue weighted by Gasteiger charge is 2.17. The summed E-state index contributed by atoms with van der Waals surface area (Å²) in [5.41, 5.74) is 5.20. The van der Waals surface area contributed by atoms with Gasteiger partial charge >= 0.3 is 0 Å². The number of allylic oxidation sites excluding steroid dienone is 2. The zero-order valence-electron chi connectivity index (χ0n) is 17.2. The lowest BCUT2D eigenvalue weighted by Crippen LogP contribution is -2.03. The lowest BCUT2D eigenvalue weighted by molar-refractivity contribution is 0.739. The third-order valence-electron chi connectivity index (χ3n) is 5.78. The molecule has 4 aromatic heterocycles. The number of nitrogens with one attached hydrogen (secondary N) is 1. The summed E-state index contributed by atoms with van der Waals surface area (Å²) in [7, 11) is 1.93. The molecule has 0 saturated heterocycles. The van der Waals surface area contributed by atoms with Crippen molar-refractivity contribution >= 4 is 43.5 Å². The third-order valence-corrected chi connectivity index (χ3v) is 6.81. The Balaban J connectivity index is 1.51. The van der Waals surface area contributed by atoms with Crippen LogP contribution in [-0.4, -0.2) is 24.1 Å². The molecule has 1 N–H and O–H groups in total. The van der Waals surface area contributed by atoms with Crippen LogP contribution in [0, 0.1) is 0 Å². The normalized spacial score (nSPS) is 14.3. The number of aromatic nitrogens is 5. The molecule has 0 saturated carbocycles. The van der Waals surface area contributed by atoms with Gasteiger partial charge in [0.1, 0.15) is 0 Å². The third kappa shape index (κ3) is 3.31. The molecule has 1 aliphatic carbocycles. The molecule has 0 unspecified atom stereocenters. The van der Waals surface area contributed by atoms with Gasteiger partial charge in [0.05, 0.1) is 28.8 Å². The summed E-state index contributed by atoms with van der Waals surface area (Å²) < 4.78 is 5.22. The molecule has 154 valence electrons. The van der Waals surface area contributed by atoms with Crippen LogP contribution in [0.1, 0.15) is 31.4 Å². The molecule has 6 rings (SSSR count). The number of aryl methyl sites for hydroxylation is 1. The zero-order valence-corrected chi connectivity index (χ0v) is 18.1. The molecule has 0 bridgehead atoms. The number of nitrogens with zero attached hydrogens (tertiary/aromatic N) is 5. The summed E-state index contributed by atoms with van der Waals surface area (Å²) in [5, 5.41) is 10.2. The van der Waals surface area contributed by atoms with E-state index in [1.807, 2.05) is 30.3 Å². The van der Waals surface area contributed by atoms with Crippen molar-refractivity contribution in [3.05, 3.63) is 66.9 Å². The van der Waals surface area contributed by atoms with E-state index < -0.39 is 0 Å². The SMILES string of the molecule is Cn1cc(-c2cnc3c(Nc4cc5ccccc5s4)nc(C4=CCCCC4)cn23)cn1. The van der Waals surface area contributed by atoms with Gasteiger partial charge in [-0.2, -0.15) is 5.10 Å². The summed E-state index contributed by atoms with van der Waals surface area (Å²) in [5.74, 6) is 0.783. The Labute approximate surface area is 183 Å². The molecule has 4 heterocycles. The van der Waals surface area contributed by atoms with E-state index in [9.17, 15) is 0 Å². The molecule has 7 heteroatoms. The monoisotopic (exact) mass is 426 g/mol. The number of anilines is 2. The van der Waals surface area contributed by atoms with Crippen LogP contribution in [0.3, 0.4) is 0 Å². The quantitative estimate of drug-likeness (QED) is 0.380. The topological polar surface area (TPSA) is 60.0 Å². The van der Waals surface area contributed by atoms with Gasteiger partial charge in [-0.1, -0.05) is 24.3 Å². The Morgan fingerprint density at radius 2 is 2.03 bits per heavy atom. The number of hydrogen-bond acceptors (Lipinski definition) is 5. The fourth-order valence-corrected chi connectivity index (χ4v) is 5.19. The van der Waals surface area contributed by atoms with Crippen molar-refractivity contribution in [1.82, 2.24) is 24.1 Å². The minimum absolute atomic E-state index is 0.783. The van der Waals surface area contributed by atoms with Crippen molar-refractivity contribution in [3.63, 3.8) is 0 Å². The molecular weight excluding hydrogens is 404 g/mol. The summed E-state index contributed by atoms with van der Waals surface area (Å²) in [4.78, 5) is 9.75. The maximum atomic E-state index is 5.03. The second-order valence-electron chi connectivity index (χ2n) is 7.96. The molecule has 0 atom stereocenters. The van der Waals surface area contributed by atoms with Gasteiger partial charge < -0.3 is 5.32 Å². The number of rotatable bonds is 4. The van der Waals surface area contributed by atoms with E-state index in [0.29, 0.717) is 0 Å². The van der Waals surface area contributed by atoms with E-state index in [0.717, 1.165) is 46.3 Å². The smallest absolute Gasteiger partial charge is 0.181 e. The van der Waals surface area contributed by atoms with Crippen LogP contribution in [-0.2, 0) is 7.05 Å². The van der Waals surface area contributed by atoms with Gasteiger partial charge in [0.2, 0.25) is 0 Å². The number of hydrogen-bond donors (Lipinski definition) is 1. The van der Waals surface area contributed by atoms with E-state index in [4.69, 9.17) is 9.97 Å². The molecule has 31 heavy (non-hydrogen) atoms. The number of thiophene rings is 1. The van der Waals surface area contributed by atoms with Crippen molar-refractivity contribution in [3.8, 4) is 11.3 Å². The highest BCUT2D eigenvalue weighted by molar-refractivity contribution is 7.22. The Morgan fingerprint density at radius 3 is 2.84 bits per heavy atom. The molecule has 0 fully saturated rings. The molecule has 0 radical (unpaired) electrons. The number of imidazole rings is 1. The number of benzene rings is 1. The molecule has 0 aliphatic heterocycles. The van der Waals surface area contributed by atoms with Crippen LogP contribution in [0.15, 0.2) is 61.2 Å². The van der Waals surface area contributed by atoms with Gasteiger partial charge in [0.25, 0.3) is 0 Å². The number of fused-ring (bicyclic) bond motifs is 2. The van der Waals surface area contributed by atoms with E-state index in [-0.39, 0.29) is 0 Å². The first-order chi connectivity index (χ1) is 15.2. The zero-order chi connectivity index (χ0) is 20.8. The maximum absolute atomic E-state index is 5.03. The van der Waals surface area contributed by atoms with Crippen LogP contribution in [0.4, 0.5) is 10.8 Å². The molecule has 6 nitrogen and oxygen atoms in total. The summed E-state index contributed by atoms with van der Waals surface area (Å²) >= 11 is 1.73. The van der Waals surface area contributed by atoms with E-state index in [1.165, 1.54) is 28.5 Å². The second kappa shape index (κ2) is 7.35. The van der Waals surface area contributed by atoms with Crippen LogP contribution in [0.2, 0.25) is 0 Å². The Morgan fingerprint density at radius 1 is 1.10 bits per heavy atom. The Kier molecular flexibility index (Phi) is 4.35. The van der Waals surface area contributed by atoms with E-state index >= 15 is 0 Å². The van der Waals surface area contributed by atoms with Crippen molar-refractivity contribution in [1.29, 1.82) is 0 Å². The highest BCUT2D eigenvalue weighted by atomic mass is 32.1. The second-order valence-corrected chi connectivity index (χ2v) is 9.05. The van der Waals surface area contributed by atoms with Gasteiger partial charge in [-0.05, 0) is 48.8 Å². The standard InChI is InChI=1S/C24H22N6S/c1-29-14-18(12-26-29)20-13-25-24-23(28-22-11-17-9-5-6-10-21(17)31-22)27-19(15-30(20)24)16-7-3-2-4-8-16/h5-7,9-15H,2-4,8H2,1H3,(H,27,28). The van der Waals surface area contributed by atoms with Crippen molar-refractivity contribution < 1.29 is 0 Å². The molecule has 1 aromatic carbocycles. The van der Waals surface area contributed by atoms with Crippen LogP contribution in [0.25, 0.3) is 32.6 Å². The predicted molar refractivity (Wildman–Crippen MR) is 127 cm³/mol. The lowest BCUT2D eigenvalue weighted by Gasteiger charge is -2.15. The maximum Gasteiger partial charge on any atom is 0.181 e. The minimum atomic E-state index is 0.783. The van der Waals surface area contributed by atoms with Crippen LogP contribution in [0.5, 0.6) is 0 Å². The first-order valence-electron chi connectivity index (χ1n) is 10.6. The summed E-state index contributed by atoms with van der Waals surface area (Å²) in [6.07, 6.45) is 14.9. The fraction of sp³-hybridized carbons (Fsp3) is 0.208. The van der Waals surface area contributed by atoms with Gasteiger partial charge in [-0.25, -0.2) is 9.97 Å². The van der Waals surface area contributed by atoms with Crippen LogP contribution < -0.4 is 5.32 Å².